The normalized spacial score (nSPS) is 23.7. The summed E-state index contributed by atoms with van der Waals surface area (Å²) >= 11 is 0. The van der Waals surface area contributed by atoms with Crippen molar-refractivity contribution in [3.05, 3.63) is 58.7 Å². The molecule has 4 heteroatoms. The zero-order chi connectivity index (χ0) is 20.0. The Balaban J connectivity index is 1.48. The second-order valence-corrected chi connectivity index (χ2v) is 8.63. The maximum absolute atomic E-state index is 12.9. The average Bonchev–Trinajstić information content (AvgIpc) is 3.02. The van der Waals surface area contributed by atoms with Crippen LogP contribution >= 0.6 is 0 Å². The first-order valence-corrected chi connectivity index (χ1v) is 10.7. The Kier molecular flexibility index (Phi) is 4.67. The average molecular weight is 389 g/mol. The van der Waals surface area contributed by atoms with Gasteiger partial charge in [0.15, 0.2) is 5.78 Å². The number of hydrogen-bond acceptors (Lipinski definition) is 4. The second-order valence-electron chi connectivity index (χ2n) is 8.63. The van der Waals surface area contributed by atoms with E-state index in [0.717, 1.165) is 55.2 Å². The van der Waals surface area contributed by atoms with Crippen molar-refractivity contribution in [3.8, 4) is 5.75 Å². The highest BCUT2D eigenvalue weighted by molar-refractivity contribution is 6.04. The molecule has 1 saturated heterocycles. The van der Waals surface area contributed by atoms with Gasteiger partial charge in [0, 0.05) is 54.8 Å². The van der Waals surface area contributed by atoms with Crippen molar-refractivity contribution in [1.29, 1.82) is 0 Å². The minimum absolute atomic E-state index is 0.238. The molecule has 5 rings (SSSR count). The maximum atomic E-state index is 12.9. The molecule has 2 atom stereocenters. The molecule has 1 unspecified atom stereocenters. The van der Waals surface area contributed by atoms with Crippen LogP contribution in [-0.4, -0.2) is 38.1 Å². The Morgan fingerprint density at radius 3 is 2.86 bits per heavy atom. The van der Waals surface area contributed by atoms with E-state index in [9.17, 15) is 4.79 Å². The number of hydrogen-bond donors (Lipinski definition) is 1. The summed E-state index contributed by atoms with van der Waals surface area (Å²) in [6, 6.07) is 13.4. The highest BCUT2D eigenvalue weighted by atomic mass is 16.5. The van der Waals surface area contributed by atoms with Crippen LogP contribution < -0.4 is 15.0 Å². The van der Waals surface area contributed by atoms with E-state index in [1.807, 2.05) is 0 Å². The molecule has 150 valence electrons. The largest absolute Gasteiger partial charge is 0.493 e. The Labute approximate surface area is 172 Å². The number of rotatable bonds is 2. The topological polar surface area (TPSA) is 41.6 Å². The van der Waals surface area contributed by atoms with Crippen molar-refractivity contribution < 1.29 is 9.53 Å². The van der Waals surface area contributed by atoms with E-state index in [0.29, 0.717) is 18.4 Å². The van der Waals surface area contributed by atoms with Gasteiger partial charge in [0.05, 0.1) is 6.61 Å². The van der Waals surface area contributed by atoms with E-state index in [2.05, 4.69) is 66.5 Å². The van der Waals surface area contributed by atoms with Crippen LogP contribution in [-0.2, 0) is 0 Å². The lowest BCUT2D eigenvalue weighted by molar-refractivity contribution is 0.0985. The van der Waals surface area contributed by atoms with E-state index >= 15 is 0 Å². The molecule has 0 amide bonds. The van der Waals surface area contributed by atoms with E-state index in [4.69, 9.17) is 4.74 Å². The van der Waals surface area contributed by atoms with Crippen molar-refractivity contribution >= 4 is 23.1 Å². The molecule has 4 nitrogen and oxygen atoms in total. The van der Waals surface area contributed by atoms with Gasteiger partial charge in [0.1, 0.15) is 5.75 Å². The molecule has 0 aromatic heterocycles. The lowest BCUT2D eigenvalue weighted by Crippen LogP contribution is -2.49. The van der Waals surface area contributed by atoms with Gasteiger partial charge in [-0.1, -0.05) is 31.2 Å². The fourth-order valence-corrected chi connectivity index (χ4v) is 4.72. The summed E-state index contributed by atoms with van der Waals surface area (Å²) in [5, 5.41) is 3.48. The van der Waals surface area contributed by atoms with Gasteiger partial charge < -0.3 is 15.0 Å². The zero-order valence-corrected chi connectivity index (χ0v) is 17.2. The number of ether oxygens (including phenoxy) is 1. The van der Waals surface area contributed by atoms with E-state index in [1.54, 1.807) is 0 Å². The lowest BCUT2D eigenvalue weighted by atomic mass is 9.96. The van der Waals surface area contributed by atoms with Gasteiger partial charge in [0.25, 0.3) is 0 Å². The summed E-state index contributed by atoms with van der Waals surface area (Å²) in [4.78, 5) is 15.3. The number of ketones is 1. The van der Waals surface area contributed by atoms with Crippen LogP contribution in [0.15, 0.2) is 36.4 Å². The summed E-state index contributed by atoms with van der Waals surface area (Å²) in [6.45, 7) is 8.09. The number of anilines is 1. The number of Topliss-reactive ketones (excluding diaryl/α,β-unsaturated/α-hetero) is 1. The molecule has 2 heterocycles. The first-order chi connectivity index (χ1) is 14.1. The predicted octanol–water partition coefficient (Wildman–Crippen LogP) is 4.50. The summed E-state index contributed by atoms with van der Waals surface area (Å²) in [5.41, 5.74) is 6.71. The van der Waals surface area contributed by atoms with Crippen LogP contribution in [0.1, 0.15) is 59.7 Å². The molecule has 3 aliphatic rings. The number of fused-ring (bicyclic) bond motifs is 2. The molecule has 0 bridgehead atoms. The van der Waals surface area contributed by atoms with Crippen molar-refractivity contribution in [2.24, 2.45) is 0 Å². The van der Waals surface area contributed by atoms with Gasteiger partial charge in [-0.25, -0.2) is 0 Å². The van der Waals surface area contributed by atoms with Crippen LogP contribution in [0.4, 0.5) is 5.69 Å². The third-order valence-electron chi connectivity index (χ3n) is 6.43. The number of piperazine rings is 1. The standard InChI is InChI=1S/C25H28N2O2/c1-16-15-29-25-12-19(4-7-22(16)25)18-5-8-24(28)23-13-21(6-3-20(23)11-18)27-10-9-26-17(2)14-27/h3-4,6-7,11-13,16-17,26H,5,8-10,14-15H2,1-2H3/t16?,17-/m0/s1. The number of allylic oxidation sites excluding steroid dienone is 1. The van der Waals surface area contributed by atoms with E-state index in [-0.39, 0.29) is 5.78 Å². The first kappa shape index (κ1) is 18.4. The van der Waals surface area contributed by atoms with Gasteiger partial charge in [-0.2, -0.15) is 0 Å². The molecule has 2 aromatic rings. The first-order valence-electron chi connectivity index (χ1n) is 10.7. The number of benzene rings is 2. The maximum Gasteiger partial charge on any atom is 0.163 e. The second kappa shape index (κ2) is 7.34. The third-order valence-corrected chi connectivity index (χ3v) is 6.43. The smallest absolute Gasteiger partial charge is 0.163 e. The number of nitrogens with one attached hydrogen (secondary N) is 1. The van der Waals surface area contributed by atoms with Gasteiger partial charge >= 0.3 is 0 Å². The van der Waals surface area contributed by atoms with Crippen LogP contribution in [0.2, 0.25) is 0 Å². The zero-order valence-electron chi connectivity index (χ0n) is 17.2. The van der Waals surface area contributed by atoms with Crippen LogP contribution in [0, 0.1) is 0 Å². The Bertz CT molecular complexity index is 994. The molecular weight excluding hydrogens is 360 g/mol. The number of nitrogens with zero attached hydrogens (tertiary/aromatic N) is 1. The minimum atomic E-state index is 0.238. The summed E-state index contributed by atoms with van der Waals surface area (Å²) < 4.78 is 5.85. The van der Waals surface area contributed by atoms with Crippen LogP contribution in [0.5, 0.6) is 5.75 Å². The SMILES string of the molecule is CC1COc2cc(C3=Cc4ccc(N5CCN[C@@H](C)C5)cc4C(=O)CC3)ccc21. The lowest BCUT2D eigenvalue weighted by Gasteiger charge is -2.34. The van der Waals surface area contributed by atoms with Crippen LogP contribution in [0.25, 0.3) is 11.6 Å². The van der Waals surface area contributed by atoms with Gasteiger partial charge in [-0.15, -0.1) is 0 Å². The molecule has 0 radical (unpaired) electrons. The third kappa shape index (κ3) is 3.46. The molecule has 2 aliphatic heterocycles. The van der Waals surface area contributed by atoms with Gasteiger partial charge in [-0.3, -0.25) is 4.79 Å². The Morgan fingerprint density at radius 2 is 2.00 bits per heavy atom. The number of carbonyl (C=O) groups excluding carboxylic acids is 1. The van der Waals surface area contributed by atoms with E-state index in [1.165, 1.54) is 16.7 Å². The van der Waals surface area contributed by atoms with Crippen molar-refractivity contribution in [3.63, 3.8) is 0 Å². The minimum Gasteiger partial charge on any atom is -0.493 e. The Morgan fingerprint density at radius 1 is 1.10 bits per heavy atom. The molecule has 1 aliphatic carbocycles. The van der Waals surface area contributed by atoms with Crippen LogP contribution in [0.3, 0.4) is 0 Å². The molecule has 2 aromatic carbocycles. The molecule has 29 heavy (non-hydrogen) atoms. The Hall–Kier alpha value is -2.59. The fourth-order valence-electron chi connectivity index (χ4n) is 4.72. The highest BCUT2D eigenvalue weighted by Crippen LogP contribution is 2.38. The monoisotopic (exact) mass is 388 g/mol. The molecule has 0 spiro atoms. The van der Waals surface area contributed by atoms with Gasteiger partial charge in [-0.05, 0) is 48.2 Å². The summed E-state index contributed by atoms with van der Waals surface area (Å²) in [7, 11) is 0. The summed E-state index contributed by atoms with van der Waals surface area (Å²) in [5.74, 6) is 1.69. The molecular formula is C25H28N2O2. The predicted molar refractivity (Wildman–Crippen MR) is 118 cm³/mol. The molecule has 1 N–H and O–H groups in total. The fraction of sp³-hybridized carbons (Fsp3) is 0.400. The number of carbonyl (C=O) groups is 1. The van der Waals surface area contributed by atoms with E-state index < -0.39 is 0 Å². The molecule has 0 saturated carbocycles. The van der Waals surface area contributed by atoms with Crippen molar-refractivity contribution in [1.82, 2.24) is 5.32 Å². The summed E-state index contributed by atoms with van der Waals surface area (Å²) in [6.07, 6.45) is 3.51. The highest BCUT2D eigenvalue weighted by Gasteiger charge is 2.23. The quantitative estimate of drug-likeness (QED) is 0.823. The molecule has 1 fully saturated rings. The van der Waals surface area contributed by atoms with Crippen molar-refractivity contribution in [2.45, 2.75) is 38.6 Å². The van der Waals surface area contributed by atoms with Gasteiger partial charge in [0.2, 0.25) is 0 Å². The van der Waals surface area contributed by atoms with Crippen molar-refractivity contribution in [2.75, 3.05) is 31.1 Å².